The molecule has 1 nitrogen and oxygen atoms in total. The van der Waals surface area contributed by atoms with Crippen LogP contribution in [0.4, 0.5) is 4.39 Å². The highest BCUT2D eigenvalue weighted by atomic mass is 19.1. The first-order valence-electron chi connectivity index (χ1n) is 7.14. The van der Waals surface area contributed by atoms with Crippen molar-refractivity contribution < 1.29 is 4.39 Å². The predicted molar refractivity (Wildman–Crippen MR) is 82.0 cm³/mol. The summed E-state index contributed by atoms with van der Waals surface area (Å²) < 4.78 is 13.1. The van der Waals surface area contributed by atoms with E-state index in [-0.39, 0.29) is 17.9 Å². The molecule has 0 bridgehead atoms. The van der Waals surface area contributed by atoms with Crippen LogP contribution in [0, 0.1) is 11.7 Å². The van der Waals surface area contributed by atoms with Gasteiger partial charge in [0.05, 0.1) is 0 Å². The summed E-state index contributed by atoms with van der Waals surface area (Å²) in [5.41, 5.74) is 2.39. The van der Waals surface area contributed by atoms with E-state index in [4.69, 9.17) is 0 Å². The van der Waals surface area contributed by atoms with Gasteiger partial charge in [0.25, 0.3) is 0 Å². The van der Waals surface area contributed by atoms with Crippen LogP contribution in [0.5, 0.6) is 0 Å². The van der Waals surface area contributed by atoms with Gasteiger partial charge in [0.1, 0.15) is 5.82 Å². The van der Waals surface area contributed by atoms with Crippen molar-refractivity contribution in [2.45, 2.75) is 32.9 Å². The lowest BCUT2D eigenvalue weighted by Crippen LogP contribution is -2.28. The second kappa shape index (κ2) is 6.67. The molecule has 0 aromatic heterocycles. The largest absolute Gasteiger partial charge is 0.303 e. The van der Waals surface area contributed by atoms with Crippen molar-refractivity contribution in [3.63, 3.8) is 0 Å². The van der Waals surface area contributed by atoms with E-state index in [1.165, 1.54) is 17.7 Å². The minimum Gasteiger partial charge on any atom is -0.303 e. The Bertz CT molecular complexity index is 519. The molecule has 0 aliphatic rings. The number of hydrogen-bond acceptors (Lipinski definition) is 1. The molecule has 2 aromatic carbocycles. The molecule has 0 saturated carbocycles. The second-order valence-electron chi connectivity index (χ2n) is 5.57. The highest BCUT2D eigenvalue weighted by Crippen LogP contribution is 2.25. The van der Waals surface area contributed by atoms with E-state index in [0.29, 0.717) is 5.92 Å². The molecule has 1 N–H and O–H groups in total. The molecule has 0 heterocycles. The first-order chi connectivity index (χ1) is 9.58. The molecule has 2 unspecified atom stereocenters. The third kappa shape index (κ3) is 3.67. The molecular weight excluding hydrogens is 249 g/mol. The van der Waals surface area contributed by atoms with Crippen LogP contribution in [0.2, 0.25) is 0 Å². The summed E-state index contributed by atoms with van der Waals surface area (Å²) in [6.45, 7) is 6.52. The first kappa shape index (κ1) is 14.7. The molecule has 0 fully saturated rings. The highest BCUT2D eigenvalue weighted by molar-refractivity contribution is 5.23. The molecule has 0 saturated heterocycles. The molecule has 106 valence electrons. The lowest BCUT2D eigenvalue weighted by Gasteiger charge is -2.27. The Labute approximate surface area is 120 Å². The lowest BCUT2D eigenvalue weighted by molar-refractivity contribution is 0.374. The van der Waals surface area contributed by atoms with Crippen molar-refractivity contribution in [2.24, 2.45) is 5.92 Å². The van der Waals surface area contributed by atoms with E-state index in [1.54, 1.807) is 0 Å². The van der Waals surface area contributed by atoms with E-state index >= 15 is 0 Å². The van der Waals surface area contributed by atoms with Crippen molar-refractivity contribution in [1.82, 2.24) is 5.32 Å². The molecule has 0 spiro atoms. The van der Waals surface area contributed by atoms with E-state index in [0.717, 1.165) is 5.56 Å². The summed E-state index contributed by atoms with van der Waals surface area (Å²) >= 11 is 0. The fraction of sp³-hybridized carbons (Fsp3) is 0.333. The summed E-state index contributed by atoms with van der Waals surface area (Å²) in [4.78, 5) is 0. The molecule has 2 heteroatoms. The number of hydrogen-bond donors (Lipinski definition) is 1. The topological polar surface area (TPSA) is 12.0 Å². The van der Waals surface area contributed by atoms with Crippen LogP contribution < -0.4 is 5.32 Å². The molecule has 0 amide bonds. The normalized spacial score (nSPS) is 14.2. The second-order valence-corrected chi connectivity index (χ2v) is 5.57. The highest BCUT2D eigenvalue weighted by Gasteiger charge is 2.18. The van der Waals surface area contributed by atoms with Crippen LogP contribution in [-0.2, 0) is 0 Å². The SMILES string of the molecule is CC(NC(c1ccc(F)cc1)C(C)C)c1ccccc1. The van der Waals surface area contributed by atoms with Crippen LogP contribution in [0.3, 0.4) is 0 Å². The van der Waals surface area contributed by atoms with Crippen LogP contribution in [0.25, 0.3) is 0 Å². The molecule has 0 aliphatic carbocycles. The maximum atomic E-state index is 13.1. The zero-order chi connectivity index (χ0) is 14.5. The zero-order valence-corrected chi connectivity index (χ0v) is 12.3. The summed E-state index contributed by atoms with van der Waals surface area (Å²) in [6, 6.07) is 17.6. The molecular formula is C18H22FN. The Kier molecular flexibility index (Phi) is 4.91. The van der Waals surface area contributed by atoms with Gasteiger partial charge in [-0.2, -0.15) is 0 Å². The summed E-state index contributed by atoms with van der Waals surface area (Å²) in [6.07, 6.45) is 0. The summed E-state index contributed by atoms with van der Waals surface area (Å²) in [7, 11) is 0. The molecule has 0 aliphatic heterocycles. The fourth-order valence-electron chi connectivity index (χ4n) is 2.45. The van der Waals surface area contributed by atoms with E-state index < -0.39 is 0 Å². The molecule has 0 radical (unpaired) electrons. The van der Waals surface area contributed by atoms with E-state index in [9.17, 15) is 4.39 Å². The Morgan fingerprint density at radius 3 is 1.95 bits per heavy atom. The molecule has 2 rings (SSSR count). The number of halogens is 1. The maximum absolute atomic E-state index is 13.1. The minimum absolute atomic E-state index is 0.188. The van der Waals surface area contributed by atoms with E-state index in [1.807, 2.05) is 18.2 Å². The van der Waals surface area contributed by atoms with Gasteiger partial charge in [-0.1, -0.05) is 56.3 Å². The lowest BCUT2D eigenvalue weighted by atomic mass is 9.94. The van der Waals surface area contributed by atoms with Gasteiger partial charge in [0.2, 0.25) is 0 Å². The summed E-state index contributed by atoms with van der Waals surface area (Å²) in [5, 5.41) is 3.65. The minimum atomic E-state index is -0.188. The van der Waals surface area contributed by atoms with Gasteiger partial charge in [-0.3, -0.25) is 0 Å². The van der Waals surface area contributed by atoms with Crippen molar-refractivity contribution in [1.29, 1.82) is 0 Å². The quantitative estimate of drug-likeness (QED) is 0.817. The fourth-order valence-corrected chi connectivity index (χ4v) is 2.45. The third-order valence-electron chi connectivity index (χ3n) is 3.62. The van der Waals surface area contributed by atoms with Crippen LogP contribution in [0.15, 0.2) is 54.6 Å². The Morgan fingerprint density at radius 2 is 1.40 bits per heavy atom. The average molecular weight is 271 g/mol. The molecule has 2 atom stereocenters. The first-order valence-corrected chi connectivity index (χ1v) is 7.14. The number of nitrogens with one attached hydrogen (secondary N) is 1. The van der Waals surface area contributed by atoms with E-state index in [2.05, 4.69) is 50.4 Å². The van der Waals surface area contributed by atoms with Crippen LogP contribution >= 0.6 is 0 Å². The zero-order valence-electron chi connectivity index (χ0n) is 12.3. The third-order valence-corrected chi connectivity index (χ3v) is 3.62. The van der Waals surface area contributed by atoms with Crippen molar-refractivity contribution >= 4 is 0 Å². The Balaban J connectivity index is 2.16. The molecule has 20 heavy (non-hydrogen) atoms. The molecule has 2 aromatic rings. The number of benzene rings is 2. The predicted octanol–water partition coefficient (Wildman–Crippen LogP) is 4.87. The van der Waals surface area contributed by atoms with Gasteiger partial charge >= 0.3 is 0 Å². The van der Waals surface area contributed by atoms with Gasteiger partial charge in [-0.25, -0.2) is 4.39 Å². The smallest absolute Gasteiger partial charge is 0.123 e. The number of rotatable bonds is 5. The van der Waals surface area contributed by atoms with Gasteiger partial charge in [-0.15, -0.1) is 0 Å². The Morgan fingerprint density at radius 1 is 0.800 bits per heavy atom. The average Bonchev–Trinajstić information content (AvgIpc) is 2.46. The van der Waals surface area contributed by atoms with Crippen molar-refractivity contribution in [2.75, 3.05) is 0 Å². The van der Waals surface area contributed by atoms with Gasteiger partial charge < -0.3 is 5.32 Å². The van der Waals surface area contributed by atoms with Gasteiger partial charge in [-0.05, 0) is 36.1 Å². The maximum Gasteiger partial charge on any atom is 0.123 e. The summed E-state index contributed by atoms with van der Waals surface area (Å²) in [5.74, 6) is 0.249. The van der Waals surface area contributed by atoms with Crippen LogP contribution in [0.1, 0.15) is 44.0 Å². The van der Waals surface area contributed by atoms with Gasteiger partial charge in [0, 0.05) is 12.1 Å². The van der Waals surface area contributed by atoms with Crippen LogP contribution in [-0.4, -0.2) is 0 Å². The monoisotopic (exact) mass is 271 g/mol. The van der Waals surface area contributed by atoms with Crippen molar-refractivity contribution in [3.05, 3.63) is 71.5 Å². The standard InChI is InChI=1S/C18H22FN/c1-13(2)18(16-9-11-17(19)12-10-16)20-14(3)15-7-5-4-6-8-15/h4-14,18,20H,1-3H3. The Hall–Kier alpha value is -1.67. The van der Waals surface area contributed by atoms with Crippen molar-refractivity contribution in [3.8, 4) is 0 Å². The van der Waals surface area contributed by atoms with Gasteiger partial charge in [0.15, 0.2) is 0 Å².